The fourth-order valence-corrected chi connectivity index (χ4v) is 1.86. The molecule has 118 valence electrons. The van der Waals surface area contributed by atoms with E-state index in [0.717, 1.165) is 16.9 Å². The molecule has 0 amide bonds. The van der Waals surface area contributed by atoms with Gasteiger partial charge in [-0.2, -0.15) is 5.10 Å². The molecule has 0 radical (unpaired) electrons. The van der Waals surface area contributed by atoms with Crippen LogP contribution in [0.15, 0.2) is 30.6 Å². The van der Waals surface area contributed by atoms with Crippen molar-refractivity contribution in [3.05, 3.63) is 42.0 Å². The van der Waals surface area contributed by atoms with Crippen molar-refractivity contribution in [2.45, 2.75) is 52.4 Å². The molecule has 0 spiro atoms. The Morgan fingerprint density at radius 2 is 2.00 bits per heavy atom. The second-order valence-corrected chi connectivity index (χ2v) is 6.67. The van der Waals surface area contributed by atoms with Gasteiger partial charge in [0.1, 0.15) is 0 Å². The molecule has 2 heterocycles. The van der Waals surface area contributed by atoms with Gasteiger partial charge in [0.05, 0.1) is 23.4 Å². The molecule has 0 saturated heterocycles. The Kier molecular flexibility index (Phi) is 4.73. The zero-order valence-corrected chi connectivity index (χ0v) is 14.0. The molecule has 0 aliphatic rings. The van der Waals surface area contributed by atoms with Gasteiger partial charge in [0.2, 0.25) is 0 Å². The second kappa shape index (κ2) is 6.22. The number of hydrogen-bond acceptors (Lipinski definition) is 4. The quantitative estimate of drug-likeness (QED) is 0.814. The first kappa shape index (κ1) is 16.7. The van der Waals surface area contributed by atoms with Gasteiger partial charge in [-0.15, -0.1) is 0 Å². The van der Waals surface area contributed by atoms with Gasteiger partial charge in [-0.25, -0.2) is 0 Å². The third kappa shape index (κ3) is 4.18. The fraction of sp³-hybridized carbons (Fsp3) is 0.500. The second-order valence-electron chi connectivity index (χ2n) is 6.67. The number of pyridine rings is 1. The van der Waals surface area contributed by atoms with Crippen LogP contribution in [-0.4, -0.2) is 38.6 Å². The highest BCUT2D eigenvalue weighted by atomic mass is 16.5. The van der Waals surface area contributed by atoms with Gasteiger partial charge in [0.25, 0.3) is 0 Å². The molecule has 2 rings (SSSR count). The van der Waals surface area contributed by atoms with Crippen LogP contribution in [0.3, 0.4) is 0 Å². The Hall–Kier alpha value is -1.66. The van der Waals surface area contributed by atoms with Gasteiger partial charge in [-0.05, 0) is 52.2 Å². The predicted molar refractivity (Wildman–Crippen MR) is 88.5 cm³/mol. The van der Waals surface area contributed by atoms with Crippen molar-refractivity contribution in [1.82, 2.24) is 14.8 Å². The van der Waals surface area contributed by atoms with Crippen molar-refractivity contribution in [2.24, 2.45) is 0 Å². The number of aryl methyl sites for hydroxylation is 1. The Bertz CT molecular complexity index is 632. The summed E-state index contributed by atoms with van der Waals surface area (Å²) in [6, 6.07) is 5.96. The van der Waals surface area contributed by atoms with E-state index >= 15 is 0 Å². The molecule has 0 unspecified atom stereocenters. The summed E-state index contributed by atoms with van der Waals surface area (Å²) in [7, 11) is 0.415. The first-order valence-electron chi connectivity index (χ1n) is 7.47. The van der Waals surface area contributed by atoms with Crippen LogP contribution < -0.4 is 5.46 Å². The molecule has 6 heteroatoms. The van der Waals surface area contributed by atoms with E-state index in [4.69, 9.17) is 4.65 Å². The number of nitrogens with zero attached hydrogens (tertiary/aromatic N) is 3. The monoisotopic (exact) mass is 301 g/mol. The van der Waals surface area contributed by atoms with E-state index in [9.17, 15) is 5.11 Å². The van der Waals surface area contributed by atoms with Crippen molar-refractivity contribution in [2.75, 3.05) is 0 Å². The van der Waals surface area contributed by atoms with Crippen LogP contribution in [0.1, 0.15) is 39.1 Å². The minimum Gasteiger partial charge on any atom is -0.427 e. The van der Waals surface area contributed by atoms with Gasteiger partial charge >= 0.3 is 7.48 Å². The lowest BCUT2D eigenvalue weighted by atomic mass is 9.84. The van der Waals surface area contributed by atoms with E-state index in [0.29, 0.717) is 14.0 Å². The van der Waals surface area contributed by atoms with Crippen LogP contribution in [-0.2, 0) is 11.2 Å². The summed E-state index contributed by atoms with van der Waals surface area (Å²) in [5.41, 5.74) is 1.42. The van der Waals surface area contributed by atoms with E-state index in [1.54, 1.807) is 20.0 Å². The highest BCUT2D eigenvalue weighted by molar-refractivity contribution is 6.46. The van der Waals surface area contributed by atoms with Gasteiger partial charge in [0, 0.05) is 18.1 Å². The number of hydrogen-bond donors (Lipinski definition) is 1. The highest BCUT2D eigenvalue weighted by Crippen LogP contribution is 2.24. The molecule has 0 atom stereocenters. The molecule has 0 aromatic carbocycles. The maximum Gasteiger partial charge on any atom is 0.312 e. The zero-order chi connectivity index (χ0) is 16.4. The first-order valence-corrected chi connectivity index (χ1v) is 7.47. The third-order valence-electron chi connectivity index (χ3n) is 4.03. The van der Waals surface area contributed by atoms with Crippen molar-refractivity contribution in [3.63, 3.8) is 0 Å². The summed E-state index contributed by atoms with van der Waals surface area (Å²) >= 11 is 0. The van der Waals surface area contributed by atoms with E-state index in [1.807, 2.05) is 49.8 Å². The minimum absolute atomic E-state index is 0.415. The number of aliphatic hydroxyl groups is 1. The lowest BCUT2D eigenvalue weighted by molar-refractivity contribution is -0.0893. The van der Waals surface area contributed by atoms with E-state index in [-0.39, 0.29) is 0 Å². The smallest absolute Gasteiger partial charge is 0.312 e. The summed E-state index contributed by atoms with van der Waals surface area (Å²) < 4.78 is 7.69. The maximum atomic E-state index is 10.1. The Morgan fingerprint density at radius 3 is 2.64 bits per heavy atom. The van der Waals surface area contributed by atoms with Crippen LogP contribution in [0, 0.1) is 6.92 Å². The largest absolute Gasteiger partial charge is 0.427 e. The normalized spacial score (nSPS) is 12.5. The summed E-state index contributed by atoms with van der Waals surface area (Å²) in [4.78, 5) is 4.47. The molecule has 2 aromatic rings. The average Bonchev–Trinajstić information content (AvgIpc) is 2.83. The summed E-state index contributed by atoms with van der Waals surface area (Å²) in [6.07, 6.45) is 3.74. The molecule has 2 aromatic heterocycles. The number of aromatic nitrogens is 3. The van der Waals surface area contributed by atoms with Crippen molar-refractivity contribution in [1.29, 1.82) is 0 Å². The predicted octanol–water partition coefficient (Wildman–Crippen LogP) is 1.18. The average molecular weight is 301 g/mol. The van der Waals surface area contributed by atoms with Crippen LogP contribution in [0.2, 0.25) is 0 Å². The molecule has 0 saturated carbocycles. The Morgan fingerprint density at radius 1 is 1.27 bits per heavy atom. The van der Waals surface area contributed by atoms with E-state index < -0.39 is 11.2 Å². The van der Waals surface area contributed by atoms with Crippen molar-refractivity contribution in [3.8, 4) is 0 Å². The topological polar surface area (TPSA) is 60.2 Å². The van der Waals surface area contributed by atoms with E-state index in [2.05, 4.69) is 10.1 Å². The zero-order valence-electron chi connectivity index (χ0n) is 14.0. The Balaban J connectivity index is 1.97. The molecule has 5 nitrogen and oxygen atoms in total. The summed E-state index contributed by atoms with van der Waals surface area (Å²) in [5, 5.41) is 14.4. The maximum absolute atomic E-state index is 10.1. The fourth-order valence-electron chi connectivity index (χ4n) is 1.86. The SMILES string of the molecule is Cc1cccc(Cn2cc(BOC(C)(C)C(C)(C)O)cn2)n1. The van der Waals surface area contributed by atoms with Gasteiger partial charge in [-0.1, -0.05) is 6.07 Å². The molecule has 1 N–H and O–H groups in total. The van der Waals surface area contributed by atoms with Gasteiger partial charge in [-0.3, -0.25) is 9.67 Å². The van der Waals surface area contributed by atoms with Crippen LogP contribution in [0.4, 0.5) is 0 Å². The van der Waals surface area contributed by atoms with Crippen LogP contribution >= 0.6 is 0 Å². The molecule has 22 heavy (non-hydrogen) atoms. The molecule has 0 fully saturated rings. The number of rotatable bonds is 6. The Labute approximate surface area is 132 Å². The van der Waals surface area contributed by atoms with Crippen molar-refractivity contribution < 1.29 is 9.76 Å². The van der Waals surface area contributed by atoms with E-state index in [1.165, 1.54) is 0 Å². The highest BCUT2D eigenvalue weighted by Gasteiger charge is 2.35. The van der Waals surface area contributed by atoms with Crippen molar-refractivity contribution >= 4 is 12.9 Å². The van der Waals surface area contributed by atoms with Crippen LogP contribution in [0.5, 0.6) is 0 Å². The lowest BCUT2D eigenvalue weighted by Crippen LogP contribution is -2.49. The first-order chi connectivity index (χ1) is 10.2. The van der Waals surface area contributed by atoms with Gasteiger partial charge < -0.3 is 9.76 Å². The summed E-state index contributed by atoms with van der Waals surface area (Å²) in [6.45, 7) is 9.88. The molecule has 0 bridgehead atoms. The molecular formula is C16H24BN3O2. The van der Waals surface area contributed by atoms with Crippen LogP contribution in [0.25, 0.3) is 0 Å². The molecular weight excluding hydrogens is 277 g/mol. The minimum atomic E-state index is -0.908. The molecule has 0 aliphatic carbocycles. The third-order valence-corrected chi connectivity index (χ3v) is 4.03. The standard InChI is InChI=1S/C16H24BN3O2/c1-12-7-6-8-14(19-12)11-20-10-13(9-18-20)17-22-16(4,5)15(2,3)21/h6-10,17,21H,11H2,1-5H3. The van der Waals surface area contributed by atoms with Gasteiger partial charge in [0.15, 0.2) is 0 Å². The lowest BCUT2D eigenvalue weighted by Gasteiger charge is -2.37. The summed E-state index contributed by atoms with van der Waals surface area (Å²) in [5.74, 6) is 0. The molecule has 0 aliphatic heterocycles.